The van der Waals surface area contributed by atoms with Gasteiger partial charge in [-0.2, -0.15) is 0 Å². The van der Waals surface area contributed by atoms with Gasteiger partial charge in [0.25, 0.3) is 0 Å². The molecule has 0 aliphatic heterocycles. The van der Waals surface area contributed by atoms with E-state index in [2.05, 4.69) is 28.7 Å². The third-order valence-electron chi connectivity index (χ3n) is 3.31. The lowest BCUT2D eigenvalue weighted by Crippen LogP contribution is -2.12. The average Bonchev–Trinajstić information content (AvgIpc) is 2.98. The van der Waals surface area contributed by atoms with E-state index in [0.29, 0.717) is 6.61 Å². The lowest BCUT2D eigenvalue weighted by atomic mass is 10.2. The summed E-state index contributed by atoms with van der Waals surface area (Å²) < 4.78 is 13.3. The van der Waals surface area contributed by atoms with E-state index < -0.39 is 0 Å². The van der Waals surface area contributed by atoms with Crippen molar-refractivity contribution < 1.29 is 9.47 Å². The zero-order valence-corrected chi connectivity index (χ0v) is 12.9. The number of hydrogen-bond acceptors (Lipinski definition) is 4. The topological polar surface area (TPSA) is 48.3 Å². The molecule has 5 heteroatoms. The van der Waals surface area contributed by atoms with Crippen molar-refractivity contribution in [1.82, 2.24) is 14.9 Å². The van der Waals surface area contributed by atoms with Crippen LogP contribution in [0.3, 0.4) is 0 Å². The Hall–Kier alpha value is -2.01. The first-order chi connectivity index (χ1) is 10.3. The number of rotatable bonds is 8. The Morgan fingerprint density at radius 3 is 2.81 bits per heavy atom. The average molecular weight is 289 g/mol. The van der Waals surface area contributed by atoms with Crippen LogP contribution in [0.4, 0.5) is 0 Å². The zero-order valence-electron chi connectivity index (χ0n) is 12.9. The minimum absolute atomic E-state index is 0.434. The third-order valence-corrected chi connectivity index (χ3v) is 3.31. The molecule has 0 atom stereocenters. The standard InChI is InChI=1S/C16H23N3O2/c1-4-17-11-13-6-7-14(15(10-13)20-3)21-12-16-18-8-9-19(16)5-2/h6-10,17H,4-5,11-12H2,1-3H3. The number of benzene rings is 1. The Kier molecular flexibility index (Phi) is 5.63. The van der Waals surface area contributed by atoms with Crippen molar-refractivity contribution in [1.29, 1.82) is 0 Å². The van der Waals surface area contributed by atoms with Gasteiger partial charge in [0.05, 0.1) is 7.11 Å². The molecule has 2 rings (SSSR count). The van der Waals surface area contributed by atoms with Gasteiger partial charge >= 0.3 is 0 Å². The maximum Gasteiger partial charge on any atom is 0.161 e. The molecule has 1 N–H and O–H groups in total. The molecule has 0 aliphatic rings. The summed E-state index contributed by atoms with van der Waals surface area (Å²) in [5.41, 5.74) is 1.18. The van der Waals surface area contributed by atoms with Crippen molar-refractivity contribution in [2.45, 2.75) is 33.5 Å². The number of aryl methyl sites for hydroxylation is 1. The van der Waals surface area contributed by atoms with Gasteiger partial charge in [-0.3, -0.25) is 0 Å². The Balaban J connectivity index is 2.05. The van der Waals surface area contributed by atoms with E-state index in [1.54, 1.807) is 13.3 Å². The van der Waals surface area contributed by atoms with Crippen LogP contribution in [-0.2, 0) is 19.7 Å². The van der Waals surface area contributed by atoms with Crippen LogP contribution >= 0.6 is 0 Å². The van der Waals surface area contributed by atoms with Crippen molar-refractivity contribution >= 4 is 0 Å². The molecule has 0 amide bonds. The molecule has 2 aromatic rings. The molecule has 0 unspecified atom stereocenters. The van der Waals surface area contributed by atoms with Crippen molar-refractivity contribution in [3.8, 4) is 11.5 Å². The number of imidazole rings is 1. The lowest BCUT2D eigenvalue weighted by molar-refractivity contribution is 0.271. The molecule has 1 aromatic carbocycles. The number of methoxy groups -OCH3 is 1. The highest BCUT2D eigenvalue weighted by Crippen LogP contribution is 2.28. The summed E-state index contributed by atoms with van der Waals surface area (Å²) >= 11 is 0. The second kappa shape index (κ2) is 7.69. The monoisotopic (exact) mass is 289 g/mol. The number of ether oxygens (including phenoxy) is 2. The molecule has 1 aromatic heterocycles. The zero-order chi connectivity index (χ0) is 15.1. The first-order valence-corrected chi connectivity index (χ1v) is 7.28. The van der Waals surface area contributed by atoms with Gasteiger partial charge in [-0.25, -0.2) is 4.98 Å². The lowest BCUT2D eigenvalue weighted by Gasteiger charge is -2.13. The Morgan fingerprint density at radius 1 is 1.24 bits per heavy atom. The van der Waals surface area contributed by atoms with Crippen LogP contribution in [0, 0.1) is 0 Å². The Labute approximate surface area is 125 Å². The fraction of sp³-hybridized carbons (Fsp3) is 0.438. The minimum Gasteiger partial charge on any atom is -0.493 e. The molecule has 0 saturated carbocycles. The predicted molar refractivity (Wildman–Crippen MR) is 82.6 cm³/mol. The quantitative estimate of drug-likeness (QED) is 0.811. The summed E-state index contributed by atoms with van der Waals surface area (Å²) in [4.78, 5) is 4.30. The Bertz CT molecular complexity index is 566. The molecule has 21 heavy (non-hydrogen) atoms. The van der Waals surface area contributed by atoms with Crippen LogP contribution in [0.5, 0.6) is 11.5 Å². The van der Waals surface area contributed by atoms with E-state index in [9.17, 15) is 0 Å². The van der Waals surface area contributed by atoms with Crippen LogP contribution in [0.25, 0.3) is 0 Å². The first-order valence-electron chi connectivity index (χ1n) is 7.28. The van der Waals surface area contributed by atoms with E-state index in [-0.39, 0.29) is 0 Å². The van der Waals surface area contributed by atoms with Gasteiger partial charge in [-0.1, -0.05) is 13.0 Å². The SMILES string of the molecule is CCNCc1ccc(OCc2nccn2CC)c(OC)c1. The second-order valence-electron chi connectivity index (χ2n) is 4.68. The van der Waals surface area contributed by atoms with Crippen molar-refractivity contribution in [3.05, 3.63) is 42.0 Å². The fourth-order valence-electron chi connectivity index (χ4n) is 2.12. The Morgan fingerprint density at radius 2 is 2.10 bits per heavy atom. The van der Waals surface area contributed by atoms with Gasteiger partial charge in [0.1, 0.15) is 12.4 Å². The fourth-order valence-corrected chi connectivity index (χ4v) is 2.12. The number of hydrogen-bond donors (Lipinski definition) is 1. The molecular formula is C16H23N3O2. The van der Waals surface area contributed by atoms with Crippen LogP contribution in [-0.4, -0.2) is 23.2 Å². The maximum atomic E-state index is 5.85. The van der Waals surface area contributed by atoms with E-state index in [0.717, 1.165) is 37.0 Å². The van der Waals surface area contributed by atoms with Gasteiger partial charge in [0.2, 0.25) is 0 Å². The molecule has 114 valence electrons. The summed E-state index contributed by atoms with van der Waals surface area (Å²) in [6.07, 6.45) is 3.74. The number of nitrogens with one attached hydrogen (secondary N) is 1. The minimum atomic E-state index is 0.434. The summed E-state index contributed by atoms with van der Waals surface area (Å²) in [5.74, 6) is 2.40. The number of nitrogens with zero attached hydrogens (tertiary/aromatic N) is 2. The van der Waals surface area contributed by atoms with Crippen molar-refractivity contribution in [3.63, 3.8) is 0 Å². The molecule has 0 saturated heterocycles. The summed E-state index contributed by atoms with van der Waals surface area (Å²) in [5, 5.41) is 3.30. The maximum absolute atomic E-state index is 5.85. The molecule has 0 bridgehead atoms. The van der Waals surface area contributed by atoms with E-state index in [1.807, 2.05) is 24.4 Å². The van der Waals surface area contributed by atoms with E-state index in [1.165, 1.54) is 5.56 Å². The largest absolute Gasteiger partial charge is 0.493 e. The third kappa shape index (κ3) is 3.98. The van der Waals surface area contributed by atoms with E-state index >= 15 is 0 Å². The first kappa shape index (κ1) is 15.4. The molecule has 1 heterocycles. The van der Waals surface area contributed by atoms with Gasteiger partial charge in [-0.05, 0) is 31.2 Å². The van der Waals surface area contributed by atoms with Gasteiger partial charge in [-0.15, -0.1) is 0 Å². The second-order valence-corrected chi connectivity index (χ2v) is 4.68. The normalized spacial score (nSPS) is 10.6. The molecule has 0 aliphatic carbocycles. The summed E-state index contributed by atoms with van der Waals surface area (Å²) in [6.45, 7) is 7.26. The van der Waals surface area contributed by atoms with Gasteiger partial charge < -0.3 is 19.4 Å². The van der Waals surface area contributed by atoms with Gasteiger partial charge in [0, 0.05) is 25.5 Å². The highest BCUT2D eigenvalue weighted by molar-refractivity contribution is 5.43. The molecular weight excluding hydrogens is 266 g/mol. The molecule has 5 nitrogen and oxygen atoms in total. The smallest absolute Gasteiger partial charge is 0.161 e. The number of aromatic nitrogens is 2. The van der Waals surface area contributed by atoms with Gasteiger partial charge in [0.15, 0.2) is 11.5 Å². The highest BCUT2D eigenvalue weighted by atomic mass is 16.5. The highest BCUT2D eigenvalue weighted by Gasteiger charge is 2.08. The van der Waals surface area contributed by atoms with Crippen LogP contribution in [0.1, 0.15) is 25.2 Å². The summed E-state index contributed by atoms with van der Waals surface area (Å²) in [6, 6.07) is 6.00. The van der Waals surface area contributed by atoms with Crippen LogP contribution in [0.15, 0.2) is 30.6 Å². The van der Waals surface area contributed by atoms with E-state index in [4.69, 9.17) is 9.47 Å². The molecule has 0 spiro atoms. The molecule has 0 radical (unpaired) electrons. The predicted octanol–water partition coefficient (Wildman–Crippen LogP) is 2.60. The van der Waals surface area contributed by atoms with Crippen LogP contribution < -0.4 is 14.8 Å². The van der Waals surface area contributed by atoms with Crippen LogP contribution in [0.2, 0.25) is 0 Å². The summed E-state index contributed by atoms with van der Waals surface area (Å²) in [7, 11) is 1.66. The molecule has 0 fully saturated rings. The van der Waals surface area contributed by atoms with Crippen molar-refractivity contribution in [2.24, 2.45) is 0 Å². The van der Waals surface area contributed by atoms with Crippen molar-refractivity contribution in [2.75, 3.05) is 13.7 Å².